The first-order valence-corrected chi connectivity index (χ1v) is 6.26. The Morgan fingerprint density at radius 3 is 2.74 bits per heavy atom. The fraction of sp³-hybridized carbons (Fsp3) is 0.133. The van der Waals surface area contributed by atoms with E-state index in [0.29, 0.717) is 10.6 Å². The summed E-state index contributed by atoms with van der Waals surface area (Å²) in [6, 6.07) is 13.2. The molecule has 0 radical (unpaired) electrons. The number of nitrogens with one attached hydrogen (secondary N) is 1. The molecule has 19 heavy (non-hydrogen) atoms. The van der Waals surface area contributed by atoms with Gasteiger partial charge >= 0.3 is 0 Å². The molecule has 0 aliphatic rings. The molecule has 0 saturated heterocycles. The summed E-state index contributed by atoms with van der Waals surface area (Å²) in [5, 5.41) is 12.0. The van der Waals surface area contributed by atoms with Gasteiger partial charge in [0.25, 0.3) is 0 Å². The SMILES string of the molecule is Cc1cc(C)nc(NC(=S)c2cccc(C#N)c2)c1. The van der Waals surface area contributed by atoms with Crippen LogP contribution in [0.5, 0.6) is 0 Å². The van der Waals surface area contributed by atoms with Crippen LogP contribution in [0.3, 0.4) is 0 Å². The number of hydrogen-bond donors (Lipinski definition) is 1. The van der Waals surface area contributed by atoms with Crippen molar-refractivity contribution in [3.63, 3.8) is 0 Å². The Bertz CT molecular complexity index is 651. The minimum Gasteiger partial charge on any atom is -0.331 e. The van der Waals surface area contributed by atoms with Crippen molar-refractivity contribution < 1.29 is 0 Å². The van der Waals surface area contributed by atoms with Crippen LogP contribution in [-0.2, 0) is 0 Å². The molecule has 0 bridgehead atoms. The van der Waals surface area contributed by atoms with Crippen molar-refractivity contribution in [1.29, 1.82) is 5.26 Å². The van der Waals surface area contributed by atoms with Crippen molar-refractivity contribution in [3.05, 3.63) is 58.8 Å². The lowest BCUT2D eigenvalue weighted by atomic mass is 10.1. The van der Waals surface area contributed by atoms with Gasteiger partial charge in [0.05, 0.1) is 11.6 Å². The lowest BCUT2D eigenvalue weighted by Gasteiger charge is -2.09. The number of hydrogen-bond acceptors (Lipinski definition) is 3. The van der Waals surface area contributed by atoms with Crippen molar-refractivity contribution in [1.82, 2.24) is 4.98 Å². The van der Waals surface area contributed by atoms with E-state index in [9.17, 15) is 0 Å². The van der Waals surface area contributed by atoms with Crippen molar-refractivity contribution >= 4 is 23.0 Å². The normalized spacial score (nSPS) is 9.74. The second-order valence-corrected chi connectivity index (χ2v) is 4.73. The fourth-order valence-corrected chi connectivity index (χ4v) is 2.06. The van der Waals surface area contributed by atoms with Crippen LogP contribution in [0.2, 0.25) is 0 Å². The molecule has 2 rings (SSSR count). The summed E-state index contributed by atoms with van der Waals surface area (Å²) in [7, 11) is 0. The first-order valence-electron chi connectivity index (χ1n) is 5.85. The summed E-state index contributed by atoms with van der Waals surface area (Å²) in [4.78, 5) is 4.94. The van der Waals surface area contributed by atoms with Gasteiger partial charge in [0.1, 0.15) is 10.8 Å². The van der Waals surface area contributed by atoms with Crippen molar-refractivity contribution in [3.8, 4) is 6.07 Å². The van der Waals surface area contributed by atoms with Gasteiger partial charge in [-0.25, -0.2) is 4.98 Å². The molecule has 1 N–H and O–H groups in total. The van der Waals surface area contributed by atoms with E-state index in [1.165, 1.54) is 0 Å². The van der Waals surface area contributed by atoms with E-state index >= 15 is 0 Å². The summed E-state index contributed by atoms with van der Waals surface area (Å²) in [5.41, 5.74) is 3.48. The monoisotopic (exact) mass is 267 g/mol. The van der Waals surface area contributed by atoms with Gasteiger partial charge in [0.2, 0.25) is 0 Å². The molecule has 94 valence electrons. The third-order valence-electron chi connectivity index (χ3n) is 2.59. The molecule has 1 heterocycles. The number of pyridine rings is 1. The third kappa shape index (κ3) is 3.36. The smallest absolute Gasteiger partial charge is 0.131 e. The van der Waals surface area contributed by atoms with Gasteiger partial charge in [-0.3, -0.25) is 0 Å². The quantitative estimate of drug-likeness (QED) is 0.848. The number of nitrogens with zero attached hydrogens (tertiary/aromatic N) is 2. The molecule has 0 fully saturated rings. The Labute approximate surface area is 117 Å². The largest absolute Gasteiger partial charge is 0.331 e. The maximum absolute atomic E-state index is 8.88. The zero-order chi connectivity index (χ0) is 13.8. The number of thiocarbonyl (C=S) groups is 1. The van der Waals surface area contributed by atoms with Crippen LogP contribution in [0.15, 0.2) is 36.4 Å². The van der Waals surface area contributed by atoms with Gasteiger partial charge in [-0.2, -0.15) is 5.26 Å². The van der Waals surface area contributed by atoms with Gasteiger partial charge in [-0.15, -0.1) is 0 Å². The molecule has 4 heteroatoms. The summed E-state index contributed by atoms with van der Waals surface area (Å²) in [5.74, 6) is 0.727. The highest BCUT2D eigenvalue weighted by molar-refractivity contribution is 7.81. The number of aromatic nitrogens is 1. The summed E-state index contributed by atoms with van der Waals surface area (Å²) < 4.78 is 0. The summed E-state index contributed by atoms with van der Waals surface area (Å²) in [6.07, 6.45) is 0. The highest BCUT2D eigenvalue weighted by Gasteiger charge is 2.04. The lowest BCUT2D eigenvalue weighted by Crippen LogP contribution is -2.12. The molecule has 0 aliphatic carbocycles. The van der Waals surface area contributed by atoms with Gasteiger partial charge in [0, 0.05) is 11.3 Å². The predicted octanol–water partition coefficient (Wildman–Crippen LogP) is 3.36. The highest BCUT2D eigenvalue weighted by atomic mass is 32.1. The topological polar surface area (TPSA) is 48.7 Å². The van der Waals surface area contributed by atoms with Crippen LogP contribution in [0.4, 0.5) is 5.82 Å². The second kappa shape index (κ2) is 5.59. The molecule has 0 saturated carbocycles. The van der Waals surface area contributed by atoms with Crippen LogP contribution in [0.25, 0.3) is 0 Å². The van der Waals surface area contributed by atoms with Crippen LogP contribution >= 0.6 is 12.2 Å². The van der Waals surface area contributed by atoms with Crippen LogP contribution in [0.1, 0.15) is 22.4 Å². The Morgan fingerprint density at radius 2 is 2.05 bits per heavy atom. The van der Waals surface area contributed by atoms with Gasteiger partial charge in [-0.05, 0) is 43.7 Å². The maximum Gasteiger partial charge on any atom is 0.131 e. The van der Waals surface area contributed by atoms with E-state index in [-0.39, 0.29) is 0 Å². The maximum atomic E-state index is 8.88. The minimum atomic E-state index is 0.564. The van der Waals surface area contributed by atoms with Crippen LogP contribution in [0, 0.1) is 25.2 Å². The average Bonchev–Trinajstić information content (AvgIpc) is 2.37. The number of benzene rings is 1. The van der Waals surface area contributed by atoms with Crippen LogP contribution < -0.4 is 5.32 Å². The molecule has 0 amide bonds. The van der Waals surface area contributed by atoms with E-state index < -0.39 is 0 Å². The van der Waals surface area contributed by atoms with Crippen molar-refractivity contribution in [2.75, 3.05) is 5.32 Å². The molecule has 2 aromatic rings. The molecule has 0 spiro atoms. The van der Waals surface area contributed by atoms with E-state index in [1.54, 1.807) is 12.1 Å². The Hall–Kier alpha value is -2.25. The van der Waals surface area contributed by atoms with Gasteiger partial charge in [0.15, 0.2) is 0 Å². The molecular weight excluding hydrogens is 254 g/mol. The Morgan fingerprint density at radius 1 is 1.26 bits per heavy atom. The van der Waals surface area contributed by atoms with Gasteiger partial charge in [-0.1, -0.05) is 24.4 Å². The number of nitriles is 1. The zero-order valence-corrected chi connectivity index (χ0v) is 11.6. The minimum absolute atomic E-state index is 0.564. The zero-order valence-electron chi connectivity index (χ0n) is 10.8. The van der Waals surface area contributed by atoms with Crippen molar-refractivity contribution in [2.45, 2.75) is 13.8 Å². The average molecular weight is 267 g/mol. The molecule has 0 atom stereocenters. The van der Waals surface area contributed by atoms with Gasteiger partial charge < -0.3 is 5.32 Å². The number of aryl methyl sites for hydroxylation is 2. The molecule has 0 aliphatic heterocycles. The third-order valence-corrected chi connectivity index (χ3v) is 2.93. The molecule has 1 aromatic carbocycles. The molecule has 3 nitrogen and oxygen atoms in total. The highest BCUT2D eigenvalue weighted by Crippen LogP contribution is 2.12. The Kier molecular flexibility index (Phi) is 3.88. The van der Waals surface area contributed by atoms with E-state index in [0.717, 1.165) is 22.6 Å². The Balaban J connectivity index is 2.23. The lowest BCUT2D eigenvalue weighted by molar-refractivity contribution is 1.18. The molecular formula is C15H13N3S. The van der Waals surface area contributed by atoms with Crippen molar-refractivity contribution in [2.24, 2.45) is 0 Å². The standard InChI is InChI=1S/C15H13N3S/c1-10-6-11(2)17-14(7-10)18-15(19)13-5-3-4-12(8-13)9-16/h3-8H,1-2H3,(H,17,18,19). The van der Waals surface area contributed by atoms with E-state index in [1.807, 2.05) is 38.1 Å². The first kappa shape index (κ1) is 13.2. The summed E-state index contributed by atoms with van der Waals surface area (Å²) in [6.45, 7) is 3.96. The van der Waals surface area contributed by atoms with Crippen LogP contribution in [-0.4, -0.2) is 9.97 Å². The predicted molar refractivity (Wildman–Crippen MR) is 80.2 cm³/mol. The molecule has 0 unspecified atom stereocenters. The first-order chi connectivity index (χ1) is 9.08. The fourth-order valence-electron chi connectivity index (χ4n) is 1.82. The second-order valence-electron chi connectivity index (χ2n) is 4.32. The number of anilines is 1. The van der Waals surface area contributed by atoms with E-state index in [4.69, 9.17) is 17.5 Å². The number of rotatable bonds is 2. The van der Waals surface area contributed by atoms with E-state index in [2.05, 4.69) is 16.4 Å². The summed E-state index contributed by atoms with van der Waals surface area (Å²) >= 11 is 5.34. The molecule has 1 aromatic heterocycles.